The molecule has 29 heavy (non-hydrogen) atoms. The molecule has 0 saturated carbocycles. The molecular weight excluding hydrogens is 413 g/mol. The first-order valence-corrected chi connectivity index (χ1v) is 10.3. The van der Waals surface area contributed by atoms with E-state index in [0.717, 1.165) is 11.0 Å². The lowest BCUT2D eigenvalue weighted by atomic mass is 10.1. The molecule has 3 rings (SSSR count). The van der Waals surface area contributed by atoms with Crippen LogP contribution in [-0.4, -0.2) is 57.3 Å². The summed E-state index contributed by atoms with van der Waals surface area (Å²) in [6.07, 6.45) is -1.92. The van der Waals surface area contributed by atoms with Crippen LogP contribution in [0, 0.1) is 0 Å². The third-order valence-electron chi connectivity index (χ3n) is 4.99. The fourth-order valence-corrected chi connectivity index (χ4v) is 5.29. The topological polar surface area (TPSA) is 84.0 Å². The number of carbonyl (C=O) groups excluding carboxylic acids is 2. The van der Waals surface area contributed by atoms with Crippen molar-refractivity contribution in [3.05, 3.63) is 35.7 Å². The van der Waals surface area contributed by atoms with Crippen molar-refractivity contribution in [1.29, 1.82) is 0 Å². The fraction of sp³-hybridized carbons (Fsp3) is 0.444. The number of anilines is 1. The van der Waals surface area contributed by atoms with Gasteiger partial charge >= 0.3 is 6.08 Å². The highest BCUT2D eigenvalue weighted by atomic mass is 32.2. The van der Waals surface area contributed by atoms with E-state index in [2.05, 4.69) is 0 Å². The summed E-state index contributed by atoms with van der Waals surface area (Å²) in [6, 6.07) is 3.30. The molecule has 0 N–H and O–H groups in total. The van der Waals surface area contributed by atoms with Crippen LogP contribution in [0.5, 0.6) is 0 Å². The van der Waals surface area contributed by atoms with Crippen LogP contribution < -0.4 is 4.90 Å². The number of hydrogen-bond acceptors (Lipinski definition) is 5. The van der Waals surface area contributed by atoms with Crippen LogP contribution in [0.1, 0.15) is 29.6 Å². The summed E-state index contributed by atoms with van der Waals surface area (Å²) in [4.78, 5) is 25.2. The second-order valence-corrected chi connectivity index (χ2v) is 8.64. The van der Waals surface area contributed by atoms with Crippen LogP contribution in [0.4, 0.5) is 18.9 Å². The van der Waals surface area contributed by atoms with Crippen LogP contribution in [0.3, 0.4) is 0 Å². The van der Waals surface area contributed by atoms with E-state index in [1.807, 2.05) is 0 Å². The number of benzene rings is 1. The van der Waals surface area contributed by atoms with Gasteiger partial charge in [0.1, 0.15) is 0 Å². The number of Topliss-reactive ketones (excluding diaryl/α,β-unsaturated/α-hetero) is 1. The predicted molar refractivity (Wildman–Crippen MR) is 96.9 cm³/mol. The molecule has 158 valence electrons. The minimum absolute atomic E-state index is 0.0703. The Kier molecular flexibility index (Phi) is 6.11. The second-order valence-electron chi connectivity index (χ2n) is 6.75. The van der Waals surface area contributed by atoms with Crippen LogP contribution in [0.25, 0.3) is 0 Å². The van der Waals surface area contributed by atoms with E-state index in [-0.39, 0.29) is 28.8 Å². The number of methoxy groups -OCH3 is 1. The molecule has 2 heterocycles. The summed E-state index contributed by atoms with van der Waals surface area (Å²) >= 11 is 0. The number of ketones is 1. The Morgan fingerprint density at radius 3 is 2.62 bits per heavy atom. The molecule has 1 aromatic rings. The number of carbonyl (C=O) groups is 2. The van der Waals surface area contributed by atoms with Crippen molar-refractivity contribution in [2.24, 2.45) is 0 Å². The summed E-state index contributed by atoms with van der Waals surface area (Å²) in [5, 5.41) is 0. The zero-order valence-electron chi connectivity index (χ0n) is 15.5. The lowest BCUT2D eigenvalue weighted by molar-refractivity contribution is -0.114. The Morgan fingerprint density at radius 2 is 1.97 bits per heavy atom. The van der Waals surface area contributed by atoms with Crippen LogP contribution in [0.2, 0.25) is 0 Å². The number of amides is 1. The molecule has 1 fully saturated rings. The van der Waals surface area contributed by atoms with E-state index in [4.69, 9.17) is 4.74 Å². The molecule has 2 aliphatic rings. The van der Waals surface area contributed by atoms with Crippen molar-refractivity contribution < 1.29 is 35.9 Å². The van der Waals surface area contributed by atoms with Gasteiger partial charge in [-0.1, -0.05) is 0 Å². The lowest BCUT2D eigenvalue weighted by Crippen LogP contribution is -2.38. The van der Waals surface area contributed by atoms with Crippen LogP contribution in [0.15, 0.2) is 35.0 Å². The smallest absolute Gasteiger partial charge is 0.301 e. The molecule has 7 nitrogen and oxygen atoms in total. The van der Waals surface area contributed by atoms with Crippen molar-refractivity contribution in [3.8, 4) is 0 Å². The van der Waals surface area contributed by atoms with E-state index in [1.54, 1.807) is 0 Å². The Bertz CT molecular complexity index is 976. The van der Waals surface area contributed by atoms with Gasteiger partial charge in [-0.2, -0.15) is 13.1 Å². The molecule has 1 aromatic carbocycles. The number of halogens is 3. The van der Waals surface area contributed by atoms with Crippen LogP contribution in [-0.2, 0) is 19.6 Å². The monoisotopic (exact) mass is 432 g/mol. The second kappa shape index (κ2) is 8.25. The summed E-state index contributed by atoms with van der Waals surface area (Å²) in [5.41, 5.74) is -0.0791. The highest BCUT2D eigenvalue weighted by Gasteiger charge is 2.39. The first kappa shape index (κ1) is 21.5. The van der Waals surface area contributed by atoms with Gasteiger partial charge in [-0.3, -0.25) is 9.59 Å². The molecule has 1 atom stereocenters. The lowest BCUT2D eigenvalue weighted by Gasteiger charge is -2.24. The largest absolute Gasteiger partial charge is 0.383 e. The highest BCUT2D eigenvalue weighted by Crippen LogP contribution is 2.34. The number of nitrogens with zero attached hydrogens (tertiary/aromatic N) is 2. The minimum Gasteiger partial charge on any atom is -0.383 e. The third-order valence-corrected chi connectivity index (χ3v) is 6.94. The van der Waals surface area contributed by atoms with Crippen LogP contribution >= 0.6 is 0 Å². The highest BCUT2D eigenvalue weighted by molar-refractivity contribution is 7.89. The quantitative estimate of drug-likeness (QED) is 0.618. The predicted octanol–water partition coefficient (Wildman–Crippen LogP) is 2.48. The molecule has 0 aromatic heterocycles. The number of sulfonamides is 1. The number of ether oxygens (including phenoxy) is 1. The van der Waals surface area contributed by atoms with Gasteiger partial charge in [0, 0.05) is 32.7 Å². The molecule has 11 heteroatoms. The number of rotatable bonds is 7. The minimum atomic E-state index is -3.92. The van der Waals surface area contributed by atoms with E-state index in [1.165, 1.54) is 23.5 Å². The average molecular weight is 432 g/mol. The zero-order valence-corrected chi connectivity index (χ0v) is 16.3. The SMILES string of the molecule is COC[C@@H]1CCCN1S(=O)(=O)c1ccc2c(c1)C(=O)C(=O)N2CCC(F)=C(F)F. The summed E-state index contributed by atoms with van der Waals surface area (Å²) < 4.78 is 70.0. The average Bonchev–Trinajstić information content (AvgIpc) is 3.24. The Morgan fingerprint density at radius 1 is 1.24 bits per heavy atom. The van der Waals surface area contributed by atoms with Gasteiger partial charge < -0.3 is 9.64 Å². The summed E-state index contributed by atoms with van der Waals surface area (Å²) in [7, 11) is -2.45. The summed E-state index contributed by atoms with van der Waals surface area (Å²) in [5.74, 6) is -3.65. The number of fused-ring (bicyclic) bond motifs is 1. The van der Waals surface area contributed by atoms with Gasteiger partial charge in [-0.05, 0) is 31.0 Å². The fourth-order valence-electron chi connectivity index (χ4n) is 3.59. The normalized spacial score (nSPS) is 19.7. The number of hydrogen-bond donors (Lipinski definition) is 0. The maximum atomic E-state index is 13.1. The van der Waals surface area contributed by atoms with Gasteiger partial charge in [0.05, 0.1) is 22.8 Å². The summed E-state index contributed by atoms with van der Waals surface area (Å²) in [6.45, 7) is 0.0846. The molecule has 0 spiro atoms. The molecular formula is C18H19F3N2O5S. The zero-order chi connectivity index (χ0) is 21.3. The van der Waals surface area contributed by atoms with Crippen molar-refractivity contribution in [2.45, 2.75) is 30.2 Å². The molecule has 0 aliphatic carbocycles. The maximum absolute atomic E-state index is 13.1. The standard InChI is InChI=1S/C18H19F3N2O5S/c1-28-10-11-3-2-7-23(11)29(26,27)12-4-5-15-13(9-12)16(24)18(25)22(15)8-6-14(19)17(20)21/h4-5,9,11H,2-3,6-8,10H2,1H3/t11-/m0/s1. The van der Waals surface area contributed by atoms with E-state index in [0.29, 0.717) is 19.4 Å². The molecule has 0 unspecified atom stereocenters. The van der Waals surface area contributed by atoms with E-state index in [9.17, 15) is 31.2 Å². The van der Waals surface area contributed by atoms with Gasteiger partial charge in [-0.15, -0.1) is 0 Å². The maximum Gasteiger partial charge on any atom is 0.301 e. The van der Waals surface area contributed by atoms with Crippen molar-refractivity contribution in [3.63, 3.8) is 0 Å². The first-order valence-electron chi connectivity index (χ1n) is 8.89. The van der Waals surface area contributed by atoms with E-state index < -0.39 is 46.6 Å². The van der Waals surface area contributed by atoms with Gasteiger partial charge in [-0.25, -0.2) is 12.8 Å². The molecule has 1 saturated heterocycles. The molecule has 0 bridgehead atoms. The molecule has 0 radical (unpaired) electrons. The van der Waals surface area contributed by atoms with Crippen molar-refractivity contribution in [1.82, 2.24) is 4.31 Å². The molecule has 2 aliphatic heterocycles. The Hall–Kier alpha value is -2.24. The van der Waals surface area contributed by atoms with Crippen molar-refractivity contribution in [2.75, 3.05) is 31.7 Å². The van der Waals surface area contributed by atoms with E-state index >= 15 is 0 Å². The van der Waals surface area contributed by atoms with Gasteiger partial charge in [0.2, 0.25) is 10.0 Å². The van der Waals surface area contributed by atoms with Gasteiger partial charge in [0.25, 0.3) is 11.7 Å². The van der Waals surface area contributed by atoms with Gasteiger partial charge in [0.15, 0.2) is 5.83 Å². The Labute approximate surface area is 165 Å². The van der Waals surface area contributed by atoms with Crippen molar-refractivity contribution >= 4 is 27.4 Å². The molecule has 1 amide bonds. The third kappa shape index (κ3) is 3.94. The Balaban J connectivity index is 1.90. The first-order chi connectivity index (χ1) is 13.7.